The predicted molar refractivity (Wildman–Crippen MR) is 120 cm³/mol. The van der Waals surface area contributed by atoms with E-state index in [2.05, 4.69) is 36.5 Å². The molecule has 2 aromatic rings. The fourth-order valence-electron chi connectivity index (χ4n) is 2.55. The summed E-state index contributed by atoms with van der Waals surface area (Å²) in [6.07, 6.45) is 1.41. The topological polar surface area (TPSA) is 106 Å². The van der Waals surface area contributed by atoms with Gasteiger partial charge in [0.05, 0.1) is 23.4 Å². The van der Waals surface area contributed by atoms with Gasteiger partial charge in [0.15, 0.2) is 6.61 Å². The molecule has 1 atom stereocenters. The number of ether oxygens (including phenoxy) is 2. The van der Waals surface area contributed by atoms with Gasteiger partial charge in [0.2, 0.25) is 0 Å². The van der Waals surface area contributed by atoms with Crippen LogP contribution < -0.4 is 15.5 Å². The maximum absolute atomic E-state index is 13.8. The third kappa shape index (κ3) is 7.16. The Morgan fingerprint density at radius 2 is 1.91 bits per heavy atom. The zero-order valence-corrected chi connectivity index (χ0v) is 19.3. The van der Waals surface area contributed by atoms with Crippen LogP contribution in [0.5, 0.6) is 5.75 Å². The zero-order chi connectivity index (χ0) is 23.7. The van der Waals surface area contributed by atoms with Crippen molar-refractivity contribution < 1.29 is 28.2 Å². The Hall–Kier alpha value is -3.27. The number of rotatable bonds is 9. The smallest absolute Gasteiger partial charge is 0.343 e. The fraction of sp³-hybridized carbons (Fsp3) is 0.273. The second-order valence-corrected chi connectivity index (χ2v) is 7.82. The fourth-order valence-corrected chi connectivity index (χ4v) is 3.06. The second-order valence-electron chi connectivity index (χ2n) is 6.96. The van der Waals surface area contributed by atoms with Crippen molar-refractivity contribution in [3.05, 3.63) is 63.9 Å². The van der Waals surface area contributed by atoms with Gasteiger partial charge >= 0.3 is 5.97 Å². The highest BCUT2D eigenvalue weighted by atomic mass is 79.9. The first kappa shape index (κ1) is 25.0. The first-order chi connectivity index (χ1) is 15.2. The van der Waals surface area contributed by atoms with Gasteiger partial charge in [0, 0.05) is 0 Å². The van der Waals surface area contributed by atoms with Crippen LogP contribution in [0.1, 0.15) is 29.8 Å². The lowest BCUT2D eigenvalue weighted by atomic mass is 10.0. The SMILES string of the molecule is COC(=O)COc1ccc(/C=N/NC(=O)C(NC(=O)c2ccccc2F)C(C)C)cc1Br. The van der Waals surface area contributed by atoms with Gasteiger partial charge < -0.3 is 14.8 Å². The lowest BCUT2D eigenvalue weighted by Crippen LogP contribution is -2.48. The molecule has 10 heteroatoms. The van der Waals surface area contributed by atoms with E-state index in [1.165, 1.54) is 37.6 Å². The highest BCUT2D eigenvalue weighted by Gasteiger charge is 2.25. The van der Waals surface area contributed by atoms with Gasteiger partial charge in [-0.05, 0) is 57.7 Å². The zero-order valence-electron chi connectivity index (χ0n) is 17.7. The van der Waals surface area contributed by atoms with Crippen molar-refractivity contribution in [1.29, 1.82) is 0 Å². The maximum Gasteiger partial charge on any atom is 0.343 e. The summed E-state index contributed by atoms with van der Waals surface area (Å²) >= 11 is 3.33. The second kappa shape index (κ2) is 11.9. The van der Waals surface area contributed by atoms with Gasteiger partial charge in [-0.25, -0.2) is 14.6 Å². The van der Waals surface area contributed by atoms with Crippen molar-refractivity contribution in [2.24, 2.45) is 11.0 Å². The number of hydrazone groups is 1. The van der Waals surface area contributed by atoms with E-state index < -0.39 is 29.6 Å². The molecule has 1 unspecified atom stereocenters. The molecule has 0 fully saturated rings. The highest BCUT2D eigenvalue weighted by molar-refractivity contribution is 9.10. The Balaban J connectivity index is 1.99. The predicted octanol–water partition coefficient (Wildman–Crippen LogP) is 3.04. The molecule has 0 heterocycles. The summed E-state index contributed by atoms with van der Waals surface area (Å²) in [5, 5.41) is 6.45. The number of carbonyl (C=O) groups is 3. The van der Waals surface area contributed by atoms with Crippen molar-refractivity contribution in [3.63, 3.8) is 0 Å². The molecule has 0 spiro atoms. The molecule has 0 aliphatic carbocycles. The molecule has 0 aliphatic heterocycles. The first-order valence-corrected chi connectivity index (χ1v) is 10.4. The monoisotopic (exact) mass is 507 g/mol. The molecule has 170 valence electrons. The number of esters is 1. The third-order valence-electron chi connectivity index (χ3n) is 4.27. The van der Waals surface area contributed by atoms with Crippen molar-refractivity contribution in [2.45, 2.75) is 19.9 Å². The third-order valence-corrected chi connectivity index (χ3v) is 4.89. The Morgan fingerprint density at radius 1 is 1.19 bits per heavy atom. The van der Waals surface area contributed by atoms with Gasteiger partial charge in [-0.2, -0.15) is 5.10 Å². The number of carbonyl (C=O) groups excluding carboxylic acids is 3. The average molecular weight is 508 g/mol. The summed E-state index contributed by atoms with van der Waals surface area (Å²) < 4.78 is 24.2. The van der Waals surface area contributed by atoms with Crippen molar-refractivity contribution in [2.75, 3.05) is 13.7 Å². The van der Waals surface area contributed by atoms with Crippen LogP contribution in [0.2, 0.25) is 0 Å². The van der Waals surface area contributed by atoms with Gasteiger partial charge in [-0.3, -0.25) is 9.59 Å². The summed E-state index contributed by atoms with van der Waals surface area (Å²) in [7, 11) is 1.27. The molecule has 0 saturated carbocycles. The van der Waals surface area contributed by atoms with Crippen LogP contribution in [0.3, 0.4) is 0 Å². The van der Waals surface area contributed by atoms with E-state index in [9.17, 15) is 18.8 Å². The number of amides is 2. The number of halogens is 2. The van der Waals surface area contributed by atoms with Crippen LogP contribution in [0.4, 0.5) is 4.39 Å². The van der Waals surface area contributed by atoms with Crippen LogP contribution in [0.15, 0.2) is 52.0 Å². The van der Waals surface area contributed by atoms with Crippen LogP contribution in [0.25, 0.3) is 0 Å². The maximum atomic E-state index is 13.8. The molecule has 2 aromatic carbocycles. The van der Waals surface area contributed by atoms with Crippen molar-refractivity contribution >= 4 is 39.9 Å². The molecule has 0 bridgehead atoms. The number of hydrogen-bond donors (Lipinski definition) is 2. The lowest BCUT2D eigenvalue weighted by molar-refractivity contribution is -0.142. The number of nitrogens with one attached hydrogen (secondary N) is 2. The molecule has 0 radical (unpaired) electrons. The quantitative estimate of drug-likeness (QED) is 0.308. The Bertz CT molecular complexity index is 1010. The molecular formula is C22H23BrFN3O5. The number of nitrogens with zero attached hydrogens (tertiary/aromatic N) is 1. The van der Waals surface area contributed by atoms with Crippen LogP contribution in [-0.4, -0.2) is 43.8 Å². The van der Waals surface area contributed by atoms with Crippen molar-refractivity contribution in [1.82, 2.24) is 10.7 Å². The van der Waals surface area contributed by atoms with E-state index in [0.29, 0.717) is 15.8 Å². The lowest BCUT2D eigenvalue weighted by Gasteiger charge is -2.20. The minimum absolute atomic E-state index is 0.145. The van der Waals surface area contributed by atoms with E-state index in [-0.39, 0.29) is 18.1 Å². The first-order valence-electron chi connectivity index (χ1n) is 9.60. The minimum atomic E-state index is -0.917. The van der Waals surface area contributed by atoms with Crippen LogP contribution in [-0.2, 0) is 14.3 Å². The van der Waals surface area contributed by atoms with Gasteiger partial charge in [-0.15, -0.1) is 0 Å². The van der Waals surface area contributed by atoms with E-state index >= 15 is 0 Å². The molecule has 8 nitrogen and oxygen atoms in total. The molecule has 2 amide bonds. The molecule has 0 saturated heterocycles. The standard InChI is InChI=1S/C22H23BrFN3O5/c1-13(2)20(26-21(29)15-6-4-5-7-17(15)24)22(30)27-25-11-14-8-9-18(16(23)10-14)32-12-19(28)31-3/h4-11,13,20H,12H2,1-3H3,(H,26,29)(H,27,30)/b25-11+. The average Bonchev–Trinajstić information content (AvgIpc) is 2.76. The van der Waals surface area contributed by atoms with Crippen molar-refractivity contribution in [3.8, 4) is 5.75 Å². The number of benzene rings is 2. The van der Waals surface area contributed by atoms with E-state index in [1.54, 1.807) is 32.0 Å². The molecular weight excluding hydrogens is 485 g/mol. The highest BCUT2D eigenvalue weighted by Crippen LogP contribution is 2.25. The largest absolute Gasteiger partial charge is 0.481 e. The molecule has 2 rings (SSSR count). The van der Waals surface area contributed by atoms with E-state index in [4.69, 9.17) is 4.74 Å². The molecule has 0 aliphatic rings. The van der Waals surface area contributed by atoms with E-state index in [0.717, 1.165) is 0 Å². The number of methoxy groups -OCH3 is 1. The normalized spacial score (nSPS) is 11.8. The molecule has 32 heavy (non-hydrogen) atoms. The number of hydrogen-bond acceptors (Lipinski definition) is 6. The Kier molecular flexibility index (Phi) is 9.33. The summed E-state index contributed by atoms with van der Waals surface area (Å²) in [6.45, 7) is 3.27. The Morgan fingerprint density at radius 3 is 2.53 bits per heavy atom. The van der Waals surface area contributed by atoms with Gasteiger partial charge in [-0.1, -0.05) is 26.0 Å². The summed E-state index contributed by atoms with van der Waals surface area (Å²) in [5.74, 6) is -2.23. The summed E-state index contributed by atoms with van der Waals surface area (Å²) in [5.41, 5.74) is 2.87. The molecule has 2 N–H and O–H groups in total. The Labute approximate surface area is 193 Å². The molecule has 0 aromatic heterocycles. The van der Waals surface area contributed by atoms with Gasteiger partial charge in [0.25, 0.3) is 11.8 Å². The van der Waals surface area contributed by atoms with Gasteiger partial charge in [0.1, 0.15) is 17.6 Å². The van der Waals surface area contributed by atoms with Crippen LogP contribution >= 0.6 is 15.9 Å². The minimum Gasteiger partial charge on any atom is -0.481 e. The van der Waals surface area contributed by atoms with E-state index in [1.807, 2.05) is 0 Å². The van der Waals surface area contributed by atoms with Crippen LogP contribution in [0, 0.1) is 11.7 Å². The summed E-state index contributed by atoms with van der Waals surface area (Å²) in [4.78, 5) is 36.0. The summed E-state index contributed by atoms with van der Waals surface area (Å²) in [6, 6.07) is 9.60.